The summed E-state index contributed by atoms with van der Waals surface area (Å²) in [4.78, 5) is 28.4. The number of nitrogens with zero attached hydrogens (tertiary/aromatic N) is 2. The number of benzene rings is 1. The highest BCUT2D eigenvalue weighted by Gasteiger charge is 2.35. The lowest BCUT2D eigenvalue weighted by Gasteiger charge is -2.17. The first-order valence-corrected chi connectivity index (χ1v) is 9.02. The lowest BCUT2D eigenvalue weighted by molar-refractivity contribution is -0.126. The highest BCUT2D eigenvalue weighted by Crippen LogP contribution is 2.26. The van der Waals surface area contributed by atoms with Crippen LogP contribution >= 0.6 is 11.3 Å². The average Bonchev–Trinajstić information content (AvgIpc) is 3.16. The molecule has 1 atom stereocenters. The summed E-state index contributed by atoms with van der Waals surface area (Å²) in [5.74, 6) is -0.623. The van der Waals surface area contributed by atoms with E-state index in [-0.39, 0.29) is 24.2 Å². The van der Waals surface area contributed by atoms with Gasteiger partial charge in [-0.2, -0.15) is 5.10 Å². The number of carbonyl (C=O) groups excluding carboxylic acids is 2. The van der Waals surface area contributed by atoms with Crippen molar-refractivity contribution in [3.63, 3.8) is 0 Å². The molecule has 2 heterocycles. The number of hydrogen-bond acceptors (Lipinski definition) is 4. The predicted octanol–water partition coefficient (Wildman–Crippen LogP) is 3.18. The van der Waals surface area contributed by atoms with E-state index in [0.29, 0.717) is 6.54 Å². The molecule has 0 aliphatic carbocycles. The minimum atomic E-state index is -0.378. The van der Waals surface area contributed by atoms with Crippen LogP contribution < -0.4 is 10.3 Å². The lowest BCUT2D eigenvalue weighted by atomic mass is 10.1. The maximum Gasteiger partial charge on any atom is 0.245 e. The van der Waals surface area contributed by atoms with E-state index in [1.54, 1.807) is 22.5 Å². The third-order valence-corrected chi connectivity index (χ3v) is 5.36. The topological polar surface area (TPSA) is 61.8 Å². The van der Waals surface area contributed by atoms with Crippen LogP contribution in [-0.4, -0.2) is 24.6 Å². The first-order chi connectivity index (χ1) is 11.9. The molecule has 130 valence electrons. The summed E-state index contributed by atoms with van der Waals surface area (Å²) in [7, 11) is 0. The molecule has 0 spiro atoms. The number of anilines is 1. The van der Waals surface area contributed by atoms with Crippen LogP contribution in [-0.2, 0) is 9.59 Å². The van der Waals surface area contributed by atoms with E-state index in [2.05, 4.69) is 10.5 Å². The van der Waals surface area contributed by atoms with Gasteiger partial charge in [0.25, 0.3) is 0 Å². The van der Waals surface area contributed by atoms with Crippen molar-refractivity contribution in [1.82, 2.24) is 5.43 Å². The van der Waals surface area contributed by atoms with E-state index in [9.17, 15) is 9.59 Å². The molecule has 1 unspecified atom stereocenters. The molecule has 1 saturated heterocycles. The number of hydrogen-bond donors (Lipinski definition) is 1. The van der Waals surface area contributed by atoms with Gasteiger partial charge in [0.2, 0.25) is 11.8 Å². The lowest BCUT2D eigenvalue weighted by Crippen LogP contribution is -2.30. The molecule has 3 rings (SSSR count). The van der Waals surface area contributed by atoms with Crippen molar-refractivity contribution in [3.8, 4) is 0 Å². The van der Waals surface area contributed by atoms with Crippen molar-refractivity contribution in [2.75, 3.05) is 11.4 Å². The molecule has 1 aromatic heterocycles. The fraction of sp³-hybridized carbons (Fsp3) is 0.316. The largest absolute Gasteiger partial charge is 0.312 e. The molecule has 6 heteroatoms. The molecule has 0 saturated carbocycles. The van der Waals surface area contributed by atoms with Gasteiger partial charge in [-0.15, -0.1) is 11.3 Å². The Kier molecular flexibility index (Phi) is 4.99. The van der Waals surface area contributed by atoms with Gasteiger partial charge >= 0.3 is 0 Å². The Morgan fingerprint density at radius 1 is 1.24 bits per heavy atom. The molecule has 25 heavy (non-hydrogen) atoms. The minimum Gasteiger partial charge on any atom is -0.312 e. The van der Waals surface area contributed by atoms with Gasteiger partial charge in [-0.1, -0.05) is 6.07 Å². The quantitative estimate of drug-likeness (QED) is 0.676. The molecule has 1 aliphatic rings. The second-order valence-corrected chi connectivity index (χ2v) is 7.68. The third kappa shape index (κ3) is 3.96. The molecule has 1 fully saturated rings. The normalized spacial score (nSPS) is 17.5. The Morgan fingerprint density at radius 3 is 2.72 bits per heavy atom. The number of thiophene rings is 1. The number of hydrazone groups is 1. The molecule has 1 aromatic carbocycles. The minimum absolute atomic E-state index is 0.0266. The van der Waals surface area contributed by atoms with Gasteiger partial charge in [0, 0.05) is 28.4 Å². The van der Waals surface area contributed by atoms with E-state index >= 15 is 0 Å². The Morgan fingerprint density at radius 2 is 2.04 bits per heavy atom. The Balaban J connectivity index is 1.62. The van der Waals surface area contributed by atoms with Gasteiger partial charge in [-0.3, -0.25) is 9.59 Å². The zero-order chi connectivity index (χ0) is 18.0. The van der Waals surface area contributed by atoms with Crippen molar-refractivity contribution >= 4 is 35.1 Å². The maximum absolute atomic E-state index is 12.3. The van der Waals surface area contributed by atoms with Crippen LogP contribution in [0.25, 0.3) is 0 Å². The SMILES string of the molecule is Cc1ccc(/C=N/NC(=O)C2CC(=O)N(c3ccc(C)c(C)c3)C2)s1. The smallest absolute Gasteiger partial charge is 0.245 e. The van der Waals surface area contributed by atoms with Crippen LogP contribution in [0, 0.1) is 26.7 Å². The monoisotopic (exact) mass is 355 g/mol. The van der Waals surface area contributed by atoms with Crippen LogP contribution in [0.2, 0.25) is 0 Å². The molecule has 2 aromatic rings. The van der Waals surface area contributed by atoms with E-state index in [0.717, 1.165) is 16.1 Å². The summed E-state index contributed by atoms with van der Waals surface area (Å²) in [6, 6.07) is 9.88. The van der Waals surface area contributed by atoms with Gasteiger partial charge < -0.3 is 4.90 Å². The van der Waals surface area contributed by atoms with E-state index in [1.807, 2.05) is 51.1 Å². The Hall–Kier alpha value is -2.47. The molecular weight excluding hydrogens is 334 g/mol. The summed E-state index contributed by atoms with van der Waals surface area (Å²) < 4.78 is 0. The Bertz CT molecular complexity index is 841. The van der Waals surface area contributed by atoms with Crippen molar-refractivity contribution in [2.24, 2.45) is 11.0 Å². The van der Waals surface area contributed by atoms with Gasteiger partial charge in [-0.25, -0.2) is 5.43 Å². The number of aryl methyl sites for hydroxylation is 3. The highest BCUT2D eigenvalue weighted by atomic mass is 32.1. The molecule has 1 N–H and O–H groups in total. The number of carbonyl (C=O) groups is 2. The summed E-state index contributed by atoms with van der Waals surface area (Å²) in [5, 5.41) is 4.00. The molecule has 2 amide bonds. The first-order valence-electron chi connectivity index (χ1n) is 8.21. The standard InChI is InChI=1S/C19H21N3O2S/c1-12-4-6-16(8-13(12)2)22-11-15(9-18(22)23)19(24)21-20-10-17-7-5-14(3)25-17/h4-8,10,15H,9,11H2,1-3H3,(H,21,24)/b20-10+. The van der Waals surface area contributed by atoms with E-state index in [1.165, 1.54) is 10.4 Å². The number of rotatable bonds is 4. The van der Waals surface area contributed by atoms with E-state index in [4.69, 9.17) is 0 Å². The van der Waals surface area contributed by atoms with Crippen LogP contribution in [0.1, 0.15) is 27.3 Å². The van der Waals surface area contributed by atoms with Gasteiger partial charge in [0.15, 0.2) is 0 Å². The fourth-order valence-corrected chi connectivity index (χ4v) is 3.55. The average molecular weight is 355 g/mol. The molecular formula is C19H21N3O2S. The van der Waals surface area contributed by atoms with Crippen LogP contribution in [0.15, 0.2) is 35.4 Å². The zero-order valence-corrected chi connectivity index (χ0v) is 15.4. The third-order valence-electron chi connectivity index (χ3n) is 4.43. The molecule has 0 bridgehead atoms. The van der Waals surface area contributed by atoms with Gasteiger partial charge in [0.05, 0.1) is 12.1 Å². The fourth-order valence-electron chi connectivity index (χ4n) is 2.80. The van der Waals surface area contributed by atoms with Gasteiger partial charge in [-0.05, 0) is 56.2 Å². The maximum atomic E-state index is 12.3. The summed E-state index contributed by atoms with van der Waals surface area (Å²) in [6.07, 6.45) is 1.85. The van der Waals surface area contributed by atoms with Crippen LogP contribution in [0.4, 0.5) is 5.69 Å². The van der Waals surface area contributed by atoms with Gasteiger partial charge in [0.1, 0.15) is 0 Å². The molecule has 5 nitrogen and oxygen atoms in total. The number of nitrogens with one attached hydrogen (secondary N) is 1. The number of amides is 2. The second kappa shape index (κ2) is 7.19. The van der Waals surface area contributed by atoms with E-state index < -0.39 is 0 Å². The van der Waals surface area contributed by atoms with Crippen LogP contribution in [0.3, 0.4) is 0 Å². The Labute approximate surface area is 151 Å². The summed E-state index contributed by atoms with van der Waals surface area (Å²) >= 11 is 1.61. The van der Waals surface area contributed by atoms with Crippen LogP contribution in [0.5, 0.6) is 0 Å². The second-order valence-electron chi connectivity index (χ2n) is 6.36. The predicted molar refractivity (Wildman–Crippen MR) is 101 cm³/mol. The van der Waals surface area contributed by atoms with Crippen molar-refractivity contribution < 1.29 is 9.59 Å². The zero-order valence-electron chi connectivity index (χ0n) is 14.6. The van der Waals surface area contributed by atoms with Crippen molar-refractivity contribution in [2.45, 2.75) is 27.2 Å². The summed E-state index contributed by atoms with van der Waals surface area (Å²) in [6.45, 7) is 6.46. The van der Waals surface area contributed by atoms with Crippen molar-refractivity contribution in [1.29, 1.82) is 0 Å². The summed E-state index contributed by atoms with van der Waals surface area (Å²) in [5.41, 5.74) is 5.72. The first kappa shape index (κ1) is 17.4. The molecule has 0 radical (unpaired) electrons. The highest BCUT2D eigenvalue weighted by molar-refractivity contribution is 7.13. The molecule has 1 aliphatic heterocycles. The van der Waals surface area contributed by atoms with Crippen molar-refractivity contribution in [3.05, 3.63) is 51.2 Å².